The van der Waals surface area contributed by atoms with Crippen molar-refractivity contribution in [1.29, 1.82) is 0 Å². The van der Waals surface area contributed by atoms with Crippen LogP contribution >= 0.6 is 11.6 Å². The van der Waals surface area contributed by atoms with Crippen LogP contribution < -0.4 is 10.7 Å². The molecule has 3 rings (SSSR count). The molecule has 2 aromatic heterocycles. The SMILES string of the molecule is O=C(Nc1c[nH]ccc1=O)c1cc(-c2cccc(Cl)c2)on1. The van der Waals surface area contributed by atoms with Crippen LogP contribution in [-0.4, -0.2) is 16.0 Å². The molecule has 6 nitrogen and oxygen atoms in total. The van der Waals surface area contributed by atoms with Crippen molar-refractivity contribution < 1.29 is 9.32 Å². The molecular formula is C15H10ClN3O3. The van der Waals surface area contributed by atoms with Crippen molar-refractivity contribution >= 4 is 23.2 Å². The highest BCUT2D eigenvalue weighted by Gasteiger charge is 2.15. The second-order valence-corrected chi connectivity index (χ2v) is 4.90. The lowest BCUT2D eigenvalue weighted by Gasteiger charge is -2.00. The highest BCUT2D eigenvalue weighted by Crippen LogP contribution is 2.23. The van der Waals surface area contributed by atoms with Gasteiger partial charge in [0.1, 0.15) is 5.69 Å². The Kier molecular flexibility index (Phi) is 3.76. The van der Waals surface area contributed by atoms with E-state index < -0.39 is 5.91 Å². The number of hydrogen-bond acceptors (Lipinski definition) is 4. The van der Waals surface area contributed by atoms with Gasteiger partial charge >= 0.3 is 0 Å². The Morgan fingerprint density at radius 2 is 2.14 bits per heavy atom. The van der Waals surface area contributed by atoms with Gasteiger partial charge in [-0.3, -0.25) is 9.59 Å². The van der Waals surface area contributed by atoms with Gasteiger partial charge in [0.25, 0.3) is 5.91 Å². The number of nitrogens with zero attached hydrogens (tertiary/aromatic N) is 1. The summed E-state index contributed by atoms with van der Waals surface area (Å²) in [7, 11) is 0. The number of aromatic nitrogens is 2. The van der Waals surface area contributed by atoms with Crippen LogP contribution in [0.25, 0.3) is 11.3 Å². The number of aromatic amines is 1. The lowest BCUT2D eigenvalue weighted by atomic mass is 10.1. The summed E-state index contributed by atoms with van der Waals surface area (Å²) in [6, 6.07) is 9.79. The van der Waals surface area contributed by atoms with E-state index >= 15 is 0 Å². The van der Waals surface area contributed by atoms with E-state index in [0.29, 0.717) is 16.3 Å². The second-order valence-electron chi connectivity index (χ2n) is 4.46. The molecule has 7 heteroatoms. The Labute approximate surface area is 129 Å². The van der Waals surface area contributed by atoms with Crippen molar-refractivity contribution in [3.8, 4) is 11.3 Å². The summed E-state index contributed by atoms with van der Waals surface area (Å²) in [5.74, 6) is -0.122. The van der Waals surface area contributed by atoms with Crippen molar-refractivity contribution in [1.82, 2.24) is 10.1 Å². The Morgan fingerprint density at radius 1 is 1.27 bits per heavy atom. The number of hydrogen-bond donors (Lipinski definition) is 2. The number of pyridine rings is 1. The van der Waals surface area contributed by atoms with Crippen molar-refractivity contribution in [3.05, 3.63) is 69.7 Å². The number of H-pyrrole nitrogens is 1. The fourth-order valence-corrected chi connectivity index (χ4v) is 2.05. The number of amides is 1. The zero-order chi connectivity index (χ0) is 15.5. The Morgan fingerprint density at radius 3 is 2.91 bits per heavy atom. The topological polar surface area (TPSA) is 88.0 Å². The number of halogens is 1. The first-order chi connectivity index (χ1) is 10.6. The summed E-state index contributed by atoms with van der Waals surface area (Å²) in [6.07, 6.45) is 2.88. The van der Waals surface area contributed by atoms with Crippen LogP contribution in [0.1, 0.15) is 10.5 Å². The Hall–Kier alpha value is -2.86. The van der Waals surface area contributed by atoms with Crippen LogP contribution in [0.2, 0.25) is 5.02 Å². The van der Waals surface area contributed by atoms with Crippen LogP contribution in [0.3, 0.4) is 0 Å². The maximum Gasteiger partial charge on any atom is 0.278 e. The molecule has 0 saturated carbocycles. The molecule has 110 valence electrons. The number of benzene rings is 1. The number of carbonyl (C=O) groups excluding carboxylic acids is 1. The van der Waals surface area contributed by atoms with Gasteiger partial charge in [-0.05, 0) is 12.1 Å². The van der Waals surface area contributed by atoms with Gasteiger partial charge in [0, 0.05) is 35.1 Å². The third kappa shape index (κ3) is 2.91. The van der Waals surface area contributed by atoms with Crippen LogP contribution in [0, 0.1) is 0 Å². The molecule has 1 amide bonds. The standard InChI is InChI=1S/C15H10ClN3O3/c16-10-3-1-2-9(6-10)14-7-11(19-22-14)15(21)18-12-8-17-5-4-13(12)20/h1-8H,(H,17,20)(H,18,21). The van der Waals surface area contributed by atoms with Gasteiger partial charge in [-0.25, -0.2) is 0 Å². The van der Waals surface area contributed by atoms with Gasteiger partial charge in [0.2, 0.25) is 5.43 Å². The minimum absolute atomic E-state index is 0.0678. The largest absolute Gasteiger partial charge is 0.366 e. The van der Waals surface area contributed by atoms with Gasteiger partial charge in [-0.15, -0.1) is 0 Å². The van der Waals surface area contributed by atoms with Crippen LogP contribution in [0.4, 0.5) is 5.69 Å². The molecule has 2 N–H and O–H groups in total. The normalized spacial score (nSPS) is 10.4. The van der Waals surface area contributed by atoms with Gasteiger partial charge in [0.15, 0.2) is 11.5 Å². The average Bonchev–Trinajstić information content (AvgIpc) is 2.99. The maximum absolute atomic E-state index is 12.1. The fraction of sp³-hybridized carbons (Fsp3) is 0. The van der Waals surface area contributed by atoms with Crippen molar-refractivity contribution in [2.45, 2.75) is 0 Å². The van der Waals surface area contributed by atoms with Crippen molar-refractivity contribution in [2.75, 3.05) is 5.32 Å². The number of nitrogens with one attached hydrogen (secondary N) is 2. The van der Waals surface area contributed by atoms with E-state index in [9.17, 15) is 9.59 Å². The summed E-state index contributed by atoms with van der Waals surface area (Å²) in [5, 5.41) is 6.73. The molecule has 0 spiro atoms. The molecule has 0 aliphatic rings. The van der Waals surface area contributed by atoms with Crippen molar-refractivity contribution in [3.63, 3.8) is 0 Å². The summed E-state index contributed by atoms with van der Waals surface area (Å²) < 4.78 is 5.14. The second kappa shape index (κ2) is 5.87. The number of rotatable bonds is 3. The predicted octanol–water partition coefficient (Wildman–Crippen LogP) is 2.94. The maximum atomic E-state index is 12.1. The summed E-state index contributed by atoms with van der Waals surface area (Å²) in [6.45, 7) is 0. The fourth-order valence-electron chi connectivity index (χ4n) is 1.86. The van der Waals surface area contributed by atoms with Crippen molar-refractivity contribution in [2.24, 2.45) is 0 Å². The van der Waals surface area contributed by atoms with E-state index in [0.717, 1.165) is 0 Å². The van der Waals surface area contributed by atoms with Crippen LogP contribution in [0.15, 0.2) is 58.1 Å². The van der Waals surface area contributed by atoms with Gasteiger partial charge < -0.3 is 14.8 Å². The first-order valence-electron chi connectivity index (χ1n) is 6.34. The molecule has 0 saturated heterocycles. The molecule has 0 aliphatic carbocycles. The quantitative estimate of drug-likeness (QED) is 0.777. The van der Waals surface area contributed by atoms with Gasteiger partial charge in [-0.2, -0.15) is 0 Å². The molecule has 0 bridgehead atoms. The van der Waals surface area contributed by atoms with E-state index in [2.05, 4.69) is 15.5 Å². The van der Waals surface area contributed by atoms with Gasteiger partial charge in [0.05, 0.1) is 0 Å². The third-order valence-corrected chi connectivity index (χ3v) is 3.16. The van der Waals surface area contributed by atoms with Crippen LogP contribution in [0.5, 0.6) is 0 Å². The lowest BCUT2D eigenvalue weighted by Crippen LogP contribution is -2.18. The Bertz CT molecular complexity index is 885. The summed E-state index contributed by atoms with van der Waals surface area (Å²) in [5.41, 5.74) is 0.611. The van der Waals surface area contributed by atoms with E-state index in [1.807, 2.05) is 0 Å². The lowest BCUT2D eigenvalue weighted by molar-refractivity contribution is 0.101. The minimum Gasteiger partial charge on any atom is -0.366 e. The van der Waals surface area contributed by atoms with E-state index in [1.165, 1.54) is 24.5 Å². The molecular weight excluding hydrogens is 306 g/mol. The highest BCUT2D eigenvalue weighted by atomic mass is 35.5. The molecule has 22 heavy (non-hydrogen) atoms. The zero-order valence-corrected chi connectivity index (χ0v) is 11.9. The zero-order valence-electron chi connectivity index (χ0n) is 11.2. The smallest absolute Gasteiger partial charge is 0.278 e. The molecule has 0 atom stereocenters. The molecule has 0 fully saturated rings. The number of carbonyl (C=O) groups is 1. The van der Waals surface area contributed by atoms with Crippen LogP contribution in [-0.2, 0) is 0 Å². The monoisotopic (exact) mass is 315 g/mol. The van der Waals surface area contributed by atoms with Gasteiger partial charge in [-0.1, -0.05) is 28.9 Å². The predicted molar refractivity (Wildman–Crippen MR) is 82.0 cm³/mol. The molecule has 3 aromatic rings. The average molecular weight is 316 g/mol. The minimum atomic E-state index is -0.534. The van der Waals surface area contributed by atoms with E-state index in [-0.39, 0.29) is 16.8 Å². The number of anilines is 1. The first kappa shape index (κ1) is 14.1. The third-order valence-electron chi connectivity index (χ3n) is 2.92. The molecule has 1 aromatic carbocycles. The molecule has 0 aliphatic heterocycles. The molecule has 0 radical (unpaired) electrons. The first-order valence-corrected chi connectivity index (χ1v) is 6.72. The highest BCUT2D eigenvalue weighted by molar-refractivity contribution is 6.30. The molecule has 2 heterocycles. The Balaban J connectivity index is 1.83. The summed E-state index contributed by atoms with van der Waals surface area (Å²) >= 11 is 5.91. The molecule has 0 unspecified atom stereocenters. The summed E-state index contributed by atoms with van der Waals surface area (Å²) in [4.78, 5) is 26.3. The van der Waals surface area contributed by atoms with E-state index in [1.54, 1.807) is 24.3 Å². The van der Waals surface area contributed by atoms with E-state index in [4.69, 9.17) is 16.1 Å².